The molecule has 2 heterocycles. The molecular formula is C21H34IN3O2. The summed E-state index contributed by atoms with van der Waals surface area (Å²) in [4.78, 5) is 6.86. The minimum absolute atomic E-state index is 0. The van der Waals surface area contributed by atoms with Crippen LogP contribution in [-0.4, -0.2) is 50.3 Å². The molecular weight excluding hydrogens is 453 g/mol. The number of nitrogens with zero attached hydrogens (tertiary/aromatic N) is 2. The first kappa shape index (κ1) is 22.4. The first-order chi connectivity index (χ1) is 12.7. The zero-order valence-corrected chi connectivity index (χ0v) is 19.0. The Morgan fingerprint density at radius 2 is 2.04 bits per heavy atom. The topological polar surface area (TPSA) is 46.1 Å². The molecule has 1 unspecified atom stereocenters. The fraction of sp³-hybridized carbons (Fsp3) is 0.667. The van der Waals surface area contributed by atoms with E-state index >= 15 is 0 Å². The lowest BCUT2D eigenvalue weighted by molar-refractivity contribution is -0.0390. The Labute approximate surface area is 180 Å². The Morgan fingerprint density at radius 3 is 2.78 bits per heavy atom. The van der Waals surface area contributed by atoms with Crippen molar-refractivity contribution in [3.8, 4) is 0 Å². The highest BCUT2D eigenvalue weighted by atomic mass is 127. The van der Waals surface area contributed by atoms with E-state index < -0.39 is 0 Å². The summed E-state index contributed by atoms with van der Waals surface area (Å²) in [6.07, 6.45) is 4.92. The molecule has 1 aromatic rings. The lowest BCUT2D eigenvalue weighted by Crippen LogP contribution is -2.45. The standard InChI is InChI=1S/C21H33N3O2.HI/c1-17-5-4-10-24(15-17)21(22-2)23-14-18-6-3-7-19(13-18)16-26-20-8-11-25-12-9-20;/h3,6-7,13,17,20H,4-5,8-12,14-16H2,1-2H3,(H,22,23);1H. The Kier molecular flexibility index (Phi) is 9.86. The van der Waals surface area contributed by atoms with Crippen LogP contribution in [0.25, 0.3) is 0 Å². The zero-order valence-electron chi connectivity index (χ0n) is 16.7. The molecule has 0 saturated carbocycles. The molecule has 1 N–H and O–H groups in total. The van der Waals surface area contributed by atoms with Crippen LogP contribution in [0.3, 0.4) is 0 Å². The lowest BCUT2D eigenvalue weighted by atomic mass is 10.0. The normalized spacial score (nSPS) is 21.6. The fourth-order valence-electron chi connectivity index (χ4n) is 3.78. The monoisotopic (exact) mass is 487 g/mol. The van der Waals surface area contributed by atoms with Gasteiger partial charge >= 0.3 is 0 Å². The van der Waals surface area contributed by atoms with E-state index in [2.05, 4.69) is 46.4 Å². The van der Waals surface area contributed by atoms with Gasteiger partial charge in [0.1, 0.15) is 0 Å². The van der Waals surface area contributed by atoms with Crippen molar-refractivity contribution in [2.24, 2.45) is 10.9 Å². The van der Waals surface area contributed by atoms with Crippen molar-refractivity contribution in [1.82, 2.24) is 10.2 Å². The minimum atomic E-state index is 0. The predicted octanol–water partition coefficient (Wildman–Crippen LogP) is 3.81. The number of benzene rings is 1. The summed E-state index contributed by atoms with van der Waals surface area (Å²) in [7, 11) is 1.87. The number of rotatable bonds is 5. The van der Waals surface area contributed by atoms with Crippen molar-refractivity contribution in [3.05, 3.63) is 35.4 Å². The highest BCUT2D eigenvalue weighted by Gasteiger charge is 2.19. The molecule has 3 rings (SSSR count). The van der Waals surface area contributed by atoms with Crippen LogP contribution in [0.15, 0.2) is 29.3 Å². The molecule has 0 aliphatic carbocycles. The maximum atomic E-state index is 6.05. The summed E-state index contributed by atoms with van der Waals surface area (Å²) in [5, 5.41) is 3.53. The van der Waals surface area contributed by atoms with Crippen molar-refractivity contribution in [2.45, 2.75) is 51.9 Å². The number of nitrogens with one attached hydrogen (secondary N) is 1. The minimum Gasteiger partial charge on any atom is -0.381 e. The molecule has 2 aliphatic rings. The molecule has 27 heavy (non-hydrogen) atoms. The average molecular weight is 487 g/mol. The number of hydrogen-bond donors (Lipinski definition) is 1. The molecule has 0 spiro atoms. The van der Waals surface area contributed by atoms with Crippen LogP contribution in [0.2, 0.25) is 0 Å². The van der Waals surface area contributed by atoms with Crippen LogP contribution < -0.4 is 5.32 Å². The number of aliphatic imine (C=N–C) groups is 1. The maximum absolute atomic E-state index is 6.05. The average Bonchev–Trinajstić information content (AvgIpc) is 2.68. The Hall–Kier alpha value is -0.860. The van der Waals surface area contributed by atoms with Gasteiger partial charge in [0, 0.05) is 39.9 Å². The first-order valence-electron chi connectivity index (χ1n) is 9.97. The van der Waals surface area contributed by atoms with E-state index in [4.69, 9.17) is 9.47 Å². The van der Waals surface area contributed by atoms with Crippen LogP contribution >= 0.6 is 24.0 Å². The molecule has 5 nitrogen and oxygen atoms in total. The van der Waals surface area contributed by atoms with Crippen molar-refractivity contribution < 1.29 is 9.47 Å². The molecule has 2 aliphatic heterocycles. The second-order valence-corrected chi connectivity index (χ2v) is 7.54. The van der Waals surface area contributed by atoms with Crippen LogP contribution in [0.4, 0.5) is 0 Å². The smallest absolute Gasteiger partial charge is 0.193 e. The summed E-state index contributed by atoms with van der Waals surface area (Å²) in [6.45, 7) is 7.63. The Morgan fingerprint density at radius 1 is 1.26 bits per heavy atom. The number of guanidine groups is 1. The highest BCUT2D eigenvalue weighted by molar-refractivity contribution is 14.0. The molecule has 2 fully saturated rings. The SMILES string of the molecule is CN=C(NCc1cccc(COC2CCOCC2)c1)N1CCCC(C)C1.I. The van der Waals surface area contributed by atoms with Crippen LogP contribution in [0.1, 0.15) is 43.7 Å². The third-order valence-electron chi connectivity index (χ3n) is 5.26. The number of likely N-dealkylation sites (tertiary alicyclic amines) is 1. The van der Waals surface area contributed by atoms with Gasteiger partial charge in [-0.3, -0.25) is 4.99 Å². The Bertz CT molecular complexity index is 591. The van der Waals surface area contributed by atoms with Crippen LogP contribution in [0.5, 0.6) is 0 Å². The van der Waals surface area contributed by atoms with Gasteiger partial charge in [-0.15, -0.1) is 24.0 Å². The zero-order chi connectivity index (χ0) is 18.2. The molecule has 0 bridgehead atoms. The summed E-state index contributed by atoms with van der Waals surface area (Å²) in [5.41, 5.74) is 2.50. The van der Waals surface area contributed by atoms with Gasteiger partial charge in [0.15, 0.2) is 5.96 Å². The van der Waals surface area contributed by atoms with Crippen LogP contribution in [0, 0.1) is 5.92 Å². The van der Waals surface area contributed by atoms with Crippen LogP contribution in [-0.2, 0) is 22.6 Å². The summed E-state index contributed by atoms with van der Waals surface area (Å²) in [6, 6.07) is 8.66. The summed E-state index contributed by atoms with van der Waals surface area (Å²) in [5.74, 6) is 1.76. The second-order valence-electron chi connectivity index (χ2n) is 7.54. The molecule has 1 atom stereocenters. The van der Waals surface area contributed by atoms with Gasteiger partial charge in [-0.2, -0.15) is 0 Å². The molecule has 152 valence electrons. The Balaban J connectivity index is 0.00000261. The van der Waals surface area contributed by atoms with Gasteiger partial charge in [0.2, 0.25) is 0 Å². The number of piperidine rings is 1. The second kappa shape index (κ2) is 11.9. The van der Waals surface area contributed by atoms with E-state index in [1.165, 1.54) is 24.0 Å². The van der Waals surface area contributed by atoms with Gasteiger partial charge < -0.3 is 19.7 Å². The molecule has 6 heteroatoms. The molecule has 2 saturated heterocycles. The lowest BCUT2D eigenvalue weighted by Gasteiger charge is -2.33. The van der Waals surface area contributed by atoms with E-state index in [1.807, 2.05) is 7.05 Å². The van der Waals surface area contributed by atoms with Crippen molar-refractivity contribution in [1.29, 1.82) is 0 Å². The van der Waals surface area contributed by atoms with Gasteiger partial charge in [-0.25, -0.2) is 0 Å². The molecule has 1 aromatic carbocycles. The summed E-state index contributed by atoms with van der Waals surface area (Å²) >= 11 is 0. The van der Waals surface area contributed by atoms with Crippen molar-refractivity contribution in [2.75, 3.05) is 33.4 Å². The van der Waals surface area contributed by atoms with E-state index in [0.717, 1.165) is 57.6 Å². The highest BCUT2D eigenvalue weighted by Crippen LogP contribution is 2.16. The number of ether oxygens (including phenoxy) is 2. The van der Waals surface area contributed by atoms with E-state index in [-0.39, 0.29) is 24.0 Å². The van der Waals surface area contributed by atoms with Gasteiger partial charge in [-0.1, -0.05) is 31.2 Å². The van der Waals surface area contributed by atoms with Gasteiger partial charge in [-0.05, 0) is 42.7 Å². The van der Waals surface area contributed by atoms with E-state index in [0.29, 0.717) is 12.7 Å². The van der Waals surface area contributed by atoms with Gasteiger partial charge in [0.25, 0.3) is 0 Å². The fourth-order valence-corrected chi connectivity index (χ4v) is 3.78. The third kappa shape index (κ3) is 7.23. The largest absolute Gasteiger partial charge is 0.381 e. The maximum Gasteiger partial charge on any atom is 0.193 e. The quantitative estimate of drug-likeness (QED) is 0.390. The predicted molar refractivity (Wildman–Crippen MR) is 121 cm³/mol. The van der Waals surface area contributed by atoms with E-state index in [9.17, 15) is 0 Å². The third-order valence-corrected chi connectivity index (χ3v) is 5.26. The van der Waals surface area contributed by atoms with Crippen molar-refractivity contribution >= 4 is 29.9 Å². The first-order valence-corrected chi connectivity index (χ1v) is 9.97. The molecule has 0 aromatic heterocycles. The molecule has 0 amide bonds. The van der Waals surface area contributed by atoms with E-state index in [1.54, 1.807) is 0 Å². The molecule has 0 radical (unpaired) electrons. The van der Waals surface area contributed by atoms with Gasteiger partial charge in [0.05, 0.1) is 12.7 Å². The van der Waals surface area contributed by atoms with Crippen molar-refractivity contribution in [3.63, 3.8) is 0 Å². The summed E-state index contributed by atoms with van der Waals surface area (Å²) < 4.78 is 11.4. The number of halogens is 1. The number of hydrogen-bond acceptors (Lipinski definition) is 3.